The standard InChI is InChI=1S/C20H28F2N4O3/c1-28-10-17-25-19(26-29-17)13-2-4-14-11(8-13)3-5-15(14)24-20(27)16-9-12(18(21)22)6-7-23-16/h2,4,8,12,15-19,23,25-26H,3,5-7,9-10H2,1H3,(H,24,27)/t12?,15-,16?,17?,19?/m1/s1. The number of nitrogens with one attached hydrogen (secondary N) is 4. The van der Waals surface area contributed by atoms with Crippen molar-refractivity contribution >= 4 is 5.91 Å². The number of fused-ring (bicyclic) bond motifs is 1. The highest BCUT2D eigenvalue weighted by atomic mass is 19.3. The van der Waals surface area contributed by atoms with Crippen LogP contribution in [0.1, 0.15) is 48.2 Å². The van der Waals surface area contributed by atoms with Gasteiger partial charge in [0.15, 0.2) is 6.23 Å². The molecule has 2 fully saturated rings. The summed E-state index contributed by atoms with van der Waals surface area (Å²) in [6, 6.07) is 5.54. The Morgan fingerprint density at radius 2 is 2.24 bits per heavy atom. The largest absolute Gasteiger partial charge is 0.380 e. The van der Waals surface area contributed by atoms with E-state index >= 15 is 0 Å². The van der Waals surface area contributed by atoms with E-state index in [9.17, 15) is 13.6 Å². The quantitative estimate of drug-likeness (QED) is 0.569. The SMILES string of the molecule is COCC1NC(c2ccc3c(c2)CC[C@H]3NC(=O)C2CC(C(F)F)CCN2)NO1. The first kappa shape index (κ1) is 20.6. The van der Waals surface area contributed by atoms with Crippen LogP contribution in [0.15, 0.2) is 18.2 Å². The van der Waals surface area contributed by atoms with Crippen molar-refractivity contribution in [2.45, 2.75) is 56.6 Å². The molecule has 1 aromatic rings. The van der Waals surface area contributed by atoms with Crippen LogP contribution in [0.5, 0.6) is 0 Å². The minimum Gasteiger partial charge on any atom is -0.380 e. The van der Waals surface area contributed by atoms with Gasteiger partial charge in [0.25, 0.3) is 0 Å². The van der Waals surface area contributed by atoms with Crippen molar-refractivity contribution in [3.8, 4) is 0 Å². The number of hydroxylamine groups is 1. The number of piperidine rings is 1. The van der Waals surface area contributed by atoms with Gasteiger partial charge in [-0.15, -0.1) is 0 Å². The molecule has 29 heavy (non-hydrogen) atoms. The maximum atomic E-state index is 13.0. The lowest BCUT2D eigenvalue weighted by Crippen LogP contribution is -2.50. The van der Waals surface area contributed by atoms with Gasteiger partial charge in [0.2, 0.25) is 12.3 Å². The Morgan fingerprint density at radius 3 is 3.03 bits per heavy atom. The number of ether oxygens (including phenoxy) is 1. The molecular formula is C20H28F2N4O3. The predicted octanol–water partition coefficient (Wildman–Crippen LogP) is 1.52. The molecular weight excluding hydrogens is 382 g/mol. The molecule has 2 saturated heterocycles. The van der Waals surface area contributed by atoms with Gasteiger partial charge in [-0.05, 0) is 48.9 Å². The number of aryl methyl sites for hydroxylation is 1. The van der Waals surface area contributed by atoms with Crippen LogP contribution in [-0.2, 0) is 20.8 Å². The zero-order chi connectivity index (χ0) is 20.4. The molecule has 9 heteroatoms. The fourth-order valence-corrected chi connectivity index (χ4v) is 4.42. The number of rotatable bonds is 6. The molecule has 1 amide bonds. The van der Waals surface area contributed by atoms with Crippen LogP contribution in [0.3, 0.4) is 0 Å². The highest BCUT2D eigenvalue weighted by molar-refractivity contribution is 5.82. The van der Waals surface area contributed by atoms with E-state index in [0.717, 1.165) is 24.0 Å². The molecule has 160 valence electrons. The molecule has 0 spiro atoms. The van der Waals surface area contributed by atoms with Gasteiger partial charge in [-0.25, -0.2) is 8.78 Å². The van der Waals surface area contributed by atoms with E-state index in [-0.39, 0.29) is 30.8 Å². The number of amides is 1. The fraction of sp³-hybridized carbons (Fsp3) is 0.650. The molecule has 0 saturated carbocycles. The third-order valence-corrected chi connectivity index (χ3v) is 6.01. The van der Waals surface area contributed by atoms with E-state index < -0.39 is 18.4 Å². The normalized spacial score (nSPS) is 31.8. The summed E-state index contributed by atoms with van der Waals surface area (Å²) in [5.41, 5.74) is 6.31. The van der Waals surface area contributed by atoms with Crippen molar-refractivity contribution in [3.05, 3.63) is 34.9 Å². The zero-order valence-corrected chi connectivity index (χ0v) is 16.4. The fourth-order valence-electron chi connectivity index (χ4n) is 4.42. The van der Waals surface area contributed by atoms with Crippen LogP contribution in [0, 0.1) is 5.92 Å². The predicted molar refractivity (Wildman–Crippen MR) is 102 cm³/mol. The van der Waals surface area contributed by atoms with Crippen LogP contribution in [-0.4, -0.2) is 44.9 Å². The molecule has 5 atom stereocenters. The topological polar surface area (TPSA) is 83.7 Å². The minimum atomic E-state index is -2.37. The summed E-state index contributed by atoms with van der Waals surface area (Å²) < 4.78 is 31.1. The smallest absolute Gasteiger partial charge is 0.241 e. The van der Waals surface area contributed by atoms with E-state index in [0.29, 0.717) is 19.6 Å². The van der Waals surface area contributed by atoms with Gasteiger partial charge in [-0.1, -0.05) is 18.2 Å². The second kappa shape index (κ2) is 9.01. The van der Waals surface area contributed by atoms with Gasteiger partial charge < -0.3 is 15.4 Å². The highest BCUT2D eigenvalue weighted by Gasteiger charge is 2.34. The van der Waals surface area contributed by atoms with Crippen LogP contribution in [0.2, 0.25) is 0 Å². The Morgan fingerprint density at radius 1 is 1.38 bits per heavy atom. The molecule has 1 aromatic carbocycles. The number of methoxy groups -OCH3 is 1. The molecule has 0 radical (unpaired) electrons. The number of benzene rings is 1. The van der Waals surface area contributed by atoms with E-state index in [1.54, 1.807) is 7.11 Å². The molecule has 2 aliphatic heterocycles. The lowest BCUT2D eigenvalue weighted by atomic mass is 9.92. The van der Waals surface area contributed by atoms with E-state index in [4.69, 9.17) is 9.57 Å². The van der Waals surface area contributed by atoms with Gasteiger partial charge in [0.1, 0.15) is 6.17 Å². The van der Waals surface area contributed by atoms with Gasteiger partial charge in [0.05, 0.1) is 18.7 Å². The third-order valence-electron chi connectivity index (χ3n) is 6.01. The summed E-state index contributed by atoms with van der Waals surface area (Å²) in [5.74, 6) is -0.895. The van der Waals surface area contributed by atoms with Gasteiger partial charge >= 0.3 is 0 Å². The summed E-state index contributed by atoms with van der Waals surface area (Å²) in [4.78, 5) is 18.1. The Labute approximate surface area is 168 Å². The Bertz CT molecular complexity index is 736. The van der Waals surface area contributed by atoms with Crippen molar-refractivity contribution < 1.29 is 23.1 Å². The first-order valence-electron chi connectivity index (χ1n) is 10.2. The van der Waals surface area contributed by atoms with Crippen LogP contribution in [0.25, 0.3) is 0 Å². The van der Waals surface area contributed by atoms with E-state index in [2.05, 4.69) is 27.5 Å². The second-order valence-electron chi connectivity index (χ2n) is 7.96. The monoisotopic (exact) mass is 410 g/mol. The number of halogens is 2. The Kier molecular flexibility index (Phi) is 6.41. The lowest BCUT2D eigenvalue weighted by Gasteiger charge is -2.30. The molecule has 7 nitrogen and oxygen atoms in total. The van der Waals surface area contributed by atoms with Crippen molar-refractivity contribution in [1.29, 1.82) is 0 Å². The maximum Gasteiger partial charge on any atom is 0.241 e. The van der Waals surface area contributed by atoms with Crippen molar-refractivity contribution in [2.24, 2.45) is 5.92 Å². The molecule has 1 aliphatic carbocycles. The maximum absolute atomic E-state index is 13.0. The van der Waals surface area contributed by atoms with E-state index in [1.807, 2.05) is 12.1 Å². The number of carbonyl (C=O) groups excluding carboxylic acids is 1. The molecule has 4 N–H and O–H groups in total. The van der Waals surface area contributed by atoms with Crippen molar-refractivity contribution in [3.63, 3.8) is 0 Å². The second-order valence-corrected chi connectivity index (χ2v) is 7.96. The first-order valence-corrected chi connectivity index (χ1v) is 10.2. The summed E-state index contributed by atoms with van der Waals surface area (Å²) >= 11 is 0. The summed E-state index contributed by atoms with van der Waals surface area (Å²) in [6.07, 6.45) is -0.427. The summed E-state index contributed by atoms with van der Waals surface area (Å²) in [6.45, 7) is 0.898. The zero-order valence-electron chi connectivity index (χ0n) is 16.4. The molecule has 0 aromatic heterocycles. The number of alkyl halides is 2. The molecule has 4 unspecified atom stereocenters. The van der Waals surface area contributed by atoms with Gasteiger partial charge in [-0.3, -0.25) is 14.9 Å². The lowest BCUT2D eigenvalue weighted by molar-refractivity contribution is -0.125. The average molecular weight is 410 g/mol. The average Bonchev–Trinajstić information content (AvgIpc) is 3.35. The highest BCUT2D eigenvalue weighted by Crippen LogP contribution is 2.33. The number of hydrogen-bond acceptors (Lipinski definition) is 6. The summed E-state index contributed by atoms with van der Waals surface area (Å²) in [5, 5.41) is 9.44. The Hall–Kier alpha value is -1.65. The van der Waals surface area contributed by atoms with Crippen molar-refractivity contribution in [1.82, 2.24) is 21.4 Å². The summed E-state index contributed by atoms with van der Waals surface area (Å²) in [7, 11) is 1.62. The molecule has 4 rings (SSSR count). The van der Waals surface area contributed by atoms with Crippen molar-refractivity contribution in [2.75, 3.05) is 20.3 Å². The third kappa shape index (κ3) is 4.59. The van der Waals surface area contributed by atoms with Crippen LogP contribution in [0.4, 0.5) is 8.78 Å². The molecule has 0 bridgehead atoms. The minimum absolute atomic E-state index is 0.0812. The number of hydrogen-bond donors (Lipinski definition) is 4. The Balaban J connectivity index is 1.37. The van der Waals surface area contributed by atoms with Crippen LogP contribution < -0.4 is 21.4 Å². The first-order chi connectivity index (χ1) is 14.0. The van der Waals surface area contributed by atoms with Gasteiger partial charge in [-0.2, -0.15) is 5.48 Å². The molecule has 3 aliphatic rings. The van der Waals surface area contributed by atoms with Gasteiger partial charge in [0, 0.05) is 13.0 Å². The number of carbonyl (C=O) groups is 1. The molecule has 2 heterocycles. The van der Waals surface area contributed by atoms with Crippen LogP contribution >= 0.6 is 0 Å². The van der Waals surface area contributed by atoms with E-state index in [1.165, 1.54) is 5.56 Å².